The van der Waals surface area contributed by atoms with E-state index in [1.165, 1.54) is 30.5 Å². The van der Waals surface area contributed by atoms with Crippen LogP contribution in [0.5, 0.6) is 0 Å². The van der Waals surface area contributed by atoms with Gasteiger partial charge in [-0.1, -0.05) is 6.42 Å². The van der Waals surface area contributed by atoms with Crippen molar-refractivity contribution in [3.8, 4) is 0 Å². The van der Waals surface area contributed by atoms with Gasteiger partial charge in [-0.3, -0.25) is 4.79 Å². The summed E-state index contributed by atoms with van der Waals surface area (Å²) in [6, 6.07) is 0. The van der Waals surface area contributed by atoms with Crippen molar-refractivity contribution in [3.63, 3.8) is 0 Å². The highest BCUT2D eigenvalue weighted by Gasteiger charge is 2.25. The van der Waals surface area contributed by atoms with Gasteiger partial charge in [0.1, 0.15) is 12.1 Å². The number of nitrogens with zero attached hydrogens (tertiary/aromatic N) is 3. The maximum absolute atomic E-state index is 10.8. The van der Waals surface area contributed by atoms with Crippen molar-refractivity contribution < 1.29 is 9.90 Å². The second kappa shape index (κ2) is 6.41. The van der Waals surface area contributed by atoms with Gasteiger partial charge in [0.05, 0.1) is 0 Å². The van der Waals surface area contributed by atoms with Crippen LogP contribution in [0.15, 0.2) is 6.33 Å². The molecule has 0 saturated carbocycles. The number of carboxylic acid groups (broad SMARTS) is 1. The van der Waals surface area contributed by atoms with Crippen LogP contribution >= 0.6 is 0 Å². The molecule has 21 heavy (non-hydrogen) atoms. The number of aromatic nitrogens is 2. The fourth-order valence-electron chi connectivity index (χ4n) is 3.55. The summed E-state index contributed by atoms with van der Waals surface area (Å²) >= 11 is 0. The minimum atomic E-state index is -0.677. The highest BCUT2D eigenvalue weighted by Crippen LogP contribution is 2.30. The Bertz CT molecular complexity index is 510. The first-order valence-electron chi connectivity index (χ1n) is 8.03. The van der Waals surface area contributed by atoms with Crippen molar-refractivity contribution in [2.24, 2.45) is 5.92 Å². The van der Waals surface area contributed by atoms with Gasteiger partial charge in [-0.05, 0) is 44.4 Å². The van der Waals surface area contributed by atoms with E-state index in [0.717, 1.165) is 44.6 Å². The molecule has 3 rings (SSSR count). The molecule has 1 N–H and O–H groups in total. The van der Waals surface area contributed by atoms with E-state index < -0.39 is 5.97 Å². The average molecular weight is 289 g/mol. The summed E-state index contributed by atoms with van der Waals surface area (Å²) in [6.07, 6.45) is 9.78. The molecule has 0 amide bonds. The van der Waals surface area contributed by atoms with Crippen molar-refractivity contribution in [1.82, 2.24) is 9.97 Å². The van der Waals surface area contributed by atoms with E-state index in [2.05, 4.69) is 14.9 Å². The van der Waals surface area contributed by atoms with E-state index in [-0.39, 0.29) is 0 Å². The molecule has 0 spiro atoms. The van der Waals surface area contributed by atoms with E-state index in [1.807, 2.05) is 0 Å². The minimum Gasteiger partial charge on any atom is -0.481 e. The first-order valence-corrected chi connectivity index (χ1v) is 8.03. The molecule has 0 bridgehead atoms. The van der Waals surface area contributed by atoms with Gasteiger partial charge in [0.25, 0.3) is 0 Å². The topological polar surface area (TPSA) is 66.3 Å². The Balaban J connectivity index is 1.72. The molecule has 2 heterocycles. The molecule has 1 saturated heterocycles. The van der Waals surface area contributed by atoms with Gasteiger partial charge in [0, 0.05) is 30.8 Å². The van der Waals surface area contributed by atoms with Crippen molar-refractivity contribution in [3.05, 3.63) is 17.6 Å². The zero-order valence-corrected chi connectivity index (χ0v) is 12.4. The number of rotatable bonds is 3. The Labute approximate surface area is 125 Å². The molecule has 1 fully saturated rings. The van der Waals surface area contributed by atoms with E-state index in [4.69, 9.17) is 5.11 Å². The van der Waals surface area contributed by atoms with Crippen molar-refractivity contribution in [2.75, 3.05) is 18.0 Å². The monoisotopic (exact) mass is 289 g/mol. The summed E-state index contributed by atoms with van der Waals surface area (Å²) in [7, 11) is 0. The molecule has 0 atom stereocenters. The Morgan fingerprint density at radius 3 is 2.71 bits per heavy atom. The van der Waals surface area contributed by atoms with Gasteiger partial charge in [-0.15, -0.1) is 0 Å². The quantitative estimate of drug-likeness (QED) is 0.866. The molecule has 0 unspecified atom stereocenters. The lowest BCUT2D eigenvalue weighted by Crippen LogP contribution is -2.35. The molecule has 1 aromatic rings. The summed E-state index contributed by atoms with van der Waals surface area (Å²) in [5.41, 5.74) is 2.57. The molecule has 114 valence electrons. The van der Waals surface area contributed by atoms with Crippen LogP contribution in [-0.2, 0) is 17.6 Å². The van der Waals surface area contributed by atoms with E-state index in [9.17, 15) is 4.79 Å². The summed E-state index contributed by atoms with van der Waals surface area (Å²) in [4.78, 5) is 22.2. The number of hydrogen-bond acceptors (Lipinski definition) is 4. The number of anilines is 1. The number of hydrogen-bond donors (Lipinski definition) is 1. The highest BCUT2D eigenvalue weighted by atomic mass is 16.4. The summed E-state index contributed by atoms with van der Waals surface area (Å²) in [6.45, 7) is 1.84. The largest absolute Gasteiger partial charge is 0.481 e. The first-order chi connectivity index (χ1) is 10.2. The maximum atomic E-state index is 10.8. The van der Waals surface area contributed by atoms with Crippen LogP contribution in [0.25, 0.3) is 0 Å². The van der Waals surface area contributed by atoms with Gasteiger partial charge in [0.2, 0.25) is 0 Å². The number of aryl methyl sites for hydroxylation is 1. The normalized spacial score (nSPS) is 19.9. The van der Waals surface area contributed by atoms with Crippen LogP contribution in [0.1, 0.15) is 49.8 Å². The van der Waals surface area contributed by atoms with Crippen LogP contribution in [0.3, 0.4) is 0 Å². The van der Waals surface area contributed by atoms with Gasteiger partial charge in [-0.25, -0.2) is 9.97 Å². The lowest BCUT2D eigenvalue weighted by atomic mass is 9.93. The third-order valence-electron chi connectivity index (χ3n) is 4.73. The average Bonchev–Trinajstić information content (AvgIpc) is 2.72. The predicted molar refractivity (Wildman–Crippen MR) is 80.5 cm³/mol. The van der Waals surface area contributed by atoms with Gasteiger partial charge in [-0.2, -0.15) is 0 Å². The number of carbonyl (C=O) groups is 1. The second-order valence-electron chi connectivity index (χ2n) is 6.21. The van der Waals surface area contributed by atoms with Crippen molar-refractivity contribution in [1.29, 1.82) is 0 Å². The zero-order chi connectivity index (χ0) is 14.7. The number of carboxylic acids is 1. The zero-order valence-electron chi connectivity index (χ0n) is 12.4. The Hall–Kier alpha value is -1.65. The van der Waals surface area contributed by atoms with E-state index in [0.29, 0.717) is 12.3 Å². The predicted octanol–water partition coefficient (Wildman–Crippen LogP) is 2.44. The minimum absolute atomic E-state index is 0.301. The number of aliphatic carboxylic acids is 1. The standard InChI is InChI=1S/C16H23N3O2/c20-15(21)10-12-6-8-19(9-7-12)16-13-4-2-1-3-5-14(13)17-11-18-16/h11-12H,1-10H2,(H,20,21). The van der Waals surface area contributed by atoms with E-state index >= 15 is 0 Å². The maximum Gasteiger partial charge on any atom is 0.303 e. The molecule has 1 aliphatic heterocycles. The fourth-order valence-corrected chi connectivity index (χ4v) is 3.55. The molecule has 0 aromatic carbocycles. The summed E-state index contributed by atoms with van der Waals surface area (Å²) in [5, 5.41) is 8.90. The lowest BCUT2D eigenvalue weighted by Gasteiger charge is -2.33. The lowest BCUT2D eigenvalue weighted by molar-refractivity contribution is -0.138. The first kappa shape index (κ1) is 14.3. The molecule has 1 aromatic heterocycles. The van der Waals surface area contributed by atoms with Gasteiger partial charge in [0.15, 0.2) is 0 Å². The van der Waals surface area contributed by atoms with Crippen LogP contribution in [-0.4, -0.2) is 34.1 Å². The Morgan fingerprint density at radius 1 is 1.19 bits per heavy atom. The molecular formula is C16H23N3O2. The third-order valence-corrected chi connectivity index (χ3v) is 4.73. The Kier molecular flexibility index (Phi) is 4.36. The van der Waals surface area contributed by atoms with Crippen molar-refractivity contribution >= 4 is 11.8 Å². The van der Waals surface area contributed by atoms with E-state index in [1.54, 1.807) is 6.33 Å². The van der Waals surface area contributed by atoms with Crippen molar-refractivity contribution in [2.45, 2.75) is 51.4 Å². The number of fused-ring (bicyclic) bond motifs is 1. The van der Waals surface area contributed by atoms with Gasteiger partial charge >= 0.3 is 5.97 Å². The Morgan fingerprint density at radius 2 is 1.95 bits per heavy atom. The molecule has 2 aliphatic rings. The molecule has 5 nitrogen and oxygen atoms in total. The van der Waals surface area contributed by atoms with Crippen LogP contribution in [0.4, 0.5) is 5.82 Å². The van der Waals surface area contributed by atoms with Crippen LogP contribution < -0.4 is 4.90 Å². The highest BCUT2D eigenvalue weighted by molar-refractivity contribution is 5.67. The van der Waals surface area contributed by atoms with Crippen LogP contribution in [0, 0.1) is 5.92 Å². The molecule has 1 aliphatic carbocycles. The molecule has 5 heteroatoms. The summed E-state index contributed by atoms with van der Waals surface area (Å²) in [5.74, 6) is 0.749. The molecule has 0 radical (unpaired) electrons. The second-order valence-corrected chi connectivity index (χ2v) is 6.21. The fraction of sp³-hybridized carbons (Fsp3) is 0.688. The number of piperidine rings is 1. The van der Waals surface area contributed by atoms with Crippen LogP contribution in [0.2, 0.25) is 0 Å². The third kappa shape index (κ3) is 3.34. The smallest absolute Gasteiger partial charge is 0.303 e. The van der Waals surface area contributed by atoms with Gasteiger partial charge < -0.3 is 10.0 Å². The summed E-state index contributed by atoms with van der Waals surface area (Å²) < 4.78 is 0. The molecular weight excluding hydrogens is 266 g/mol. The SMILES string of the molecule is O=C(O)CC1CCN(c2ncnc3c2CCCCC3)CC1.